The lowest BCUT2D eigenvalue weighted by atomic mass is 10.1. The zero-order valence-corrected chi connectivity index (χ0v) is 14.0. The fourth-order valence-electron chi connectivity index (χ4n) is 2.54. The molecule has 21 heavy (non-hydrogen) atoms. The standard InChI is InChI=1S/C19H32O2/c1-4-5-6-7-8-9-10-11-14-21-19-13-12-16(2)15-18(19)17(3)20/h12-13,15,17,20H,4-11,14H2,1-3H3/t17-/m1/s1. The van der Waals surface area contributed by atoms with Gasteiger partial charge in [-0.05, 0) is 32.4 Å². The van der Waals surface area contributed by atoms with Gasteiger partial charge in [-0.3, -0.25) is 0 Å². The molecule has 1 aromatic rings. The number of hydrogen-bond donors (Lipinski definition) is 1. The van der Waals surface area contributed by atoms with E-state index >= 15 is 0 Å². The summed E-state index contributed by atoms with van der Waals surface area (Å²) in [5, 5.41) is 9.79. The second kappa shape index (κ2) is 10.7. The molecule has 0 unspecified atom stereocenters. The van der Waals surface area contributed by atoms with Crippen molar-refractivity contribution in [3.63, 3.8) is 0 Å². The van der Waals surface area contributed by atoms with Gasteiger partial charge in [0.1, 0.15) is 5.75 Å². The minimum absolute atomic E-state index is 0.474. The van der Waals surface area contributed by atoms with Crippen molar-refractivity contribution in [2.45, 2.75) is 78.2 Å². The van der Waals surface area contributed by atoms with E-state index in [1.807, 2.05) is 25.1 Å². The van der Waals surface area contributed by atoms with Gasteiger partial charge in [-0.15, -0.1) is 0 Å². The summed E-state index contributed by atoms with van der Waals surface area (Å²) in [6.45, 7) is 6.83. The Morgan fingerprint density at radius 1 is 1.00 bits per heavy atom. The van der Waals surface area contributed by atoms with Gasteiger partial charge in [0.25, 0.3) is 0 Å². The number of unbranched alkanes of at least 4 members (excludes halogenated alkanes) is 7. The number of aliphatic hydroxyl groups is 1. The molecule has 0 amide bonds. The molecule has 1 aromatic carbocycles. The third kappa shape index (κ3) is 7.52. The Labute approximate surface area is 130 Å². The highest BCUT2D eigenvalue weighted by Crippen LogP contribution is 2.26. The predicted molar refractivity (Wildman–Crippen MR) is 89.9 cm³/mol. The highest BCUT2D eigenvalue weighted by Gasteiger charge is 2.09. The van der Waals surface area contributed by atoms with E-state index in [1.54, 1.807) is 6.92 Å². The number of hydrogen-bond acceptors (Lipinski definition) is 2. The minimum atomic E-state index is -0.474. The Morgan fingerprint density at radius 3 is 2.24 bits per heavy atom. The van der Waals surface area contributed by atoms with Gasteiger partial charge < -0.3 is 9.84 Å². The largest absolute Gasteiger partial charge is 0.493 e. The smallest absolute Gasteiger partial charge is 0.125 e. The highest BCUT2D eigenvalue weighted by atomic mass is 16.5. The molecule has 0 aromatic heterocycles. The van der Waals surface area contributed by atoms with Crippen LogP contribution in [0.5, 0.6) is 5.75 Å². The maximum atomic E-state index is 9.79. The van der Waals surface area contributed by atoms with Crippen LogP contribution in [0.2, 0.25) is 0 Å². The summed E-state index contributed by atoms with van der Waals surface area (Å²) >= 11 is 0. The van der Waals surface area contributed by atoms with Crippen molar-refractivity contribution in [3.8, 4) is 5.75 Å². The lowest BCUT2D eigenvalue weighted by Crippen LogP contribution is -2.02. The fraction of sp³-hybridized carbons (Fsp3) is 0.684. The highest BCUT2D eigenvalue weighted by molar-refractivity contribution is 5.38. The monoisotopic (exact) mass is 292 g/mol. The number of benzene rings is 1. The maximum Gasteiger partial charge on any atom is 0.125 e. The van der Waals surface area contributed by atoms with Crippen LogP contribution in [0.25, 0.3) is 0 Å². The fourth-order valence-corrected chi connectivity index (χ4v) is 2.54. The Balaban J connectivity index is 2.18. The number of aryl methyl sites for hydroxylation is 1. The third-order valence-corrected chi connectivity index (χ3v) is 3.87. The van der Waals surface area contributed by atoms with Gasteiger partial charge in [0, 0.05) is 5.56 Å². The van der Waals surface area contributed by atoms with Gasteiger partial charge in [-0.2, -0.15) is 0 Å². The first-order chi connectivity index (χ1) is 10.1. The lowest BCUT2D eigenvalue weighted by molar-refractivity contribution is 0.190. The summed E-state index contributed by atoms with van der Waals surface area (Å²) in [4.78, 5) is 0. The summed E-state index contributed by atoms with van der Waals surface area (Å²) in [5.41, 5.74) is 2.06. The van der Waals surface area contributed by atoms with E-state index in [4.69, 9.17) is 4.74 Å². The normalized spacial score (nSPS) is 12.4. The molecule has 0 aliphatic rings. The second-order valence-corrected chi connectivity index (χ2v) is 6.04. The lowest BCUT2D eigenvalue weighted by Gasteiger charge is -2.14. The van der Waals surface area contributed by atoms with E-state index in [2.05, 4.69) is 6.92 Å². The van der Waals surface area contributed by atoms with Gasteiger partial charge in [0.05, 0.1) is 12.7 Å². The summed E-state index contributed by atoms with van der Waals surface area (Å²) in [6, 6.07) is 6.02. The SMILES string of the molecule is CCCCCCCCCCOc1ccc(C)cc1[C@@H](C)O. The molecule has 0 fully saturated rings. The van der Waals surface area contributed by atoms with Crippen molar-refractivity contribution in [3.05, 3.63) is 29.3 Å². The third-order valence-electron chi connectivity index (χ3n) is 3.87. The van der Waals surface area contributed by atoms with Gasteiger partial charge in [-0.25, -0.2) is 0 Å². The van der Waals surface area contributed by atoms with Gasteiger partial charge in [-0.1, -0.05) is 63.5 Å². The van der Waals surface area contributed by atoms with Crippen LogP contribution in [0.1, 0.15) is 82.4 Å². The Hall–Kier alpha value is -1.02. The molecule has 0 heterocycles. The molecule has 0 spiro atoms. The van der Waals surface area contributed by atoms with Gasteiger partial charge in [0.2, 0.25) is 0 Å². The summed E-state index contributed by atoms with van der Waals surface area (Å²) in [6.07, 6.45) is 9.97. The number of aliphatic hydroxyl groups excluding tert-OH is 1. The number of ether oxygens (including phenoxy) is 1. The quantitative estimate of drug-likeness (QED) is 0.540. The Morgan fingerprint density at radius 2 is 1.62 bits per heavy atom. The Kier molecular flexibility index (Phi) is 9.16. The molecule has 0 radical (unpaired) electrons. The molecular weight excluding hydrogens is 260 g/mol. The average molecular weight is 292 g/mol. The molecule has 0 bridgehead atoms. The van der Waals surface area contributed by atoms with Crippen molar-refractivity contribution >= 4 is 0 Å². The summed E-state index contributed by atoms with van der Waals surface area (Å²) in [5.74, 6) is 0.832. The molecule has 1 N–H and O–H groups in total. The van der Waals surface area contributed by atoms with Crippen LogP contribution in [-0.2, 0) is 0 Å². The summed E-state index contributed by atoms with van der Waals surface area (Å²) in [7, 11) is 0. The van der Waals surface area contributed by atoms with Crippen molar-refractivity contribution in [1.82, 2.24) is 0 Å². The van der Waals surface area contributed by atoms with Crippen LogP contribution >= 0.6 is 0 Å². The van der Waals surface area contributed by atoms with E-state index in [-0.39, 0.29) is 0 Å². The first-order valence-corrected chi connectivity index (χ1v) is 8.56. The summed E-state index contributed by atoms with van der Waals surface area (Å²) < 4.78 is 5.84. The molecule has 2 heteroatoms. The van der Waals surface area contributed by atoms with E-state index in [1.165, 1.54) is 44.9 Å². The van der Waals surface area contributed by atoms with Crippen LogP contribution < -0.4 is 4.74 Å². The zero-order chi connectivity index (χ0) is 15.5. The second-order valence-electron chi connectivity index (χ2n) is 6.04. The molecule has 120 valence electrons. The first-order valence-electron chi connectivity index (χ1n) is 8.56. The van der Waals surface area contributed by atoms with Gasteiger partial charge in [0.15, 0.2) is 0 Å². The molecule has 0 saturated heterocycles. The van der Waals surface area contributed by atoms with E-state index in [0.29, 0.717) is 0 Å². The molecular formula is C19H32O2. The number of rotatable bonds is 11. The van der Waals surface area contributed by atoms with Crippen LogP contribution in [0.3, 0.4) is 0 Å². The first kappa shape index (κ1) is 18.0. The van der Waals surface area contributed by atoms with E-state index in [9.17, 15) is 5.11 Å². The molecule has 2 nitrogen and oxygen atoms in total. The van der Waals surface area contributed by atoms with E-state index < -0.39 is 6.10 Å². The molecule has 0 aliphatic carbocycles. The van der Waals surface area contributed by atoms with Crippen LogP contribution in [0.4, 0.5) is 0 Å². The zero-order valence-electron chi connectivity index (χ0n) is 14.0. The minimum Gasteiger partial charge on any atom is -0.493 e. The average Bonchev–Trinajstić information content (AvgIpc) is 2.46. The van der Waals surface area contributed by atoms with Crippen molar-refractivity contribution in [2.75, 3.05) is 6.61 Å². The maximum absolute atomic E-state index is 9.79. The Bertz CT molecular complexity index is 385. The predicted octanol–water partition coefficient (Wildman–Crippen LogP) is 5.57. The molecule has 1 rings (SSSR count). The van der Waals surface area contributed by atoms with E-state index in [0.717, 1.165) is 29.9 Å². The molecule has 1 atom stereocenters. The van der Waals surface area contributed by atoms with Crippen LogP contribution in [0, 0.1) is 6.92 Å². The molecule has 0 aliphatic heterocycles. The van der Waals surface area contributed by atoms with Crippen molar-refractivity contribution < 1.29 is 9.84 Å². The van der Waals surface area contributed by atoms with Gasteiger partial charge >= 0.3 is 0 Å². The van der Waals surface area contributed by atoms with Crippen LogP contribution in [-0.4, -0.2) is 11.7 Å². The van der Waals surface area contributed by atoms with Crippen molar-refractivity contribution in [2.24, 2.45) is 0 Å². The topological polar surface area (TPSA) is 29.5 Å². The van der Waals surface area contributed by atoms with Crippen LogP contribution in [0.15, 0.2) is 18.2 Å². The van der Waals surface area contributed by atoms with Crippen molar-refractivity contribution in [1.29, 1.82) is 0 Å². The molecule has 0 saturated carbocycles.